The molecule has 0 unspecified atom stereocenters. The van der Waals surface area contributed by atoms with Crippen LogP contribution in [0.3, 0.4) is 0 Å². The van der Waals surface area contributed by atoms with Gasteiger partial charge in [-0.25, -0.2) is 8.42 Å². The van der Waals surface area contributed by atoms with Gasteiger partial charge in [0.2, 0.25) is 15.9 Å². The third-order valence-corrected chi connectivity index (χ3v) is 3.83. The van der Waals surface area contributed by atoms with Crippen molar-refractivity contribution in [2.75, 3.05) is 13.6 Å². The van der Waals surface area contributed by atoms with Gasteiger partial charge >= 0.3 is 0 Å². The Kier molecular flexibility index (Phi) is 4.12. The summed E-state index contributed by atoms with van der Waals surface area (Å²) in [6.45, 7) is 5.26. The summed E-state index contributed by atoms with van der Waals surface area (Å²) in [6.07, 6.45) is 2.47. The molecule has 0 aromatic carbocycles. The number of carbonyl (C=O) groups is 1. The first kappa shape index (κ1) is 14.7. The zero-order valence-electron chi connectivity index (χ0n) is 10.9. The van der Waals surface area contributed by atoms with E-state index in [2.05, 4.69) is 15.5 Å². The Balaban J connectivity index is 2.72. The van der Waals surface area contributed by atoms with Gasteiger partial charge in [0.15, 0.2) is 0 Å². The van der Waals surface area contributed by atoms with Crippen molar-refractivity contribution >= 4 is 15.9 Å². The van der Waals surface area contributed by atoms with E-state index in [4.69, 9.17) is 0 Å². The quantitative estimate of drug-likeness (QED) is 0.804. The number of carbonyl (C=O) groups excluding carboxylic acids is 1. The first-order chi connectivity index (χ1) is 8.13. The van der Waals surface area contributed by atoms with E-state index >= 15 is 0 Å². The fraction of sp³-hybridized carbons (Fsp3) is 0.600. The number of hydrogen-bond acceptors (Lipinski definition) is 4. The number of H-pyrrole nitrogens is 1. The molecule has 0 radical (unpaired) electrons. The minimum Gasteiger partial charge on any atom is -0.350 e. The van der Waals surface area contributed by atoms with Crippen molar-refractivity contribution in [2.45, 2.75) is 31.2 Å². The molecular weight excluding hydrogens is 256 g/mol. The molecule has 0 aliphatic rings. The van der Waals surface area contributed by atoms with Gasteiger partial charge in [-0.2, -0.15) is 9.40 Å². The summed E-state index contributed by atoms with van der Waals surface area (Å²) in [7, 11) is -2.32. The fourth-order valence-electron chi connectivity index (χ4n) is 1.31. The number of sulfonamides is 1. The second-order valence-electron chi connectivity index (χ2n) is 4.99. The number of nitrogens with one attached hydrogen (secondary N) is 2. The third kappa shape index (κ3) is 3.81. The molecule has 0 fully saturated rings. The van der Waals surface area contributed by atoms with Gasteiger partial charge in [0, 0.05) is 18.8 Å². The second-order valence-corrected chi connectivity index (χ2v) is 7.04. The van der Waals surface area contributed by atoms with Crippen molar-refractivity contribution in [1.82, 2.24) is 19.8 Å². The normalized spacial score (nSPS) is 12.7. The van der Waals surface area contributed by atoms with Gasteiger partial charge in [0.25, 0.3) is 0 Å². The van der Waals surface area contributed by atoms with E-state index in [1.54, 1.807) is 0 Å². The molecule has 0 saturated heterocycles. The van der Waals surface area contributed by atoms with Crippen LogP contribution in [-0.4, -0.2) is 48.0 Å². The molecular formula is C10H18N4O3S. The Morgan fingerprint density at radius 1 is 1.50 bits per heavy atom. The lowest BCUT2D eigenvalue weighted by molar-refractivity contribution is -0.122. The van der Waals surface area contributed by atoms with Crippen molar-refractivity contribution in [3.63, 3.8) is 0 Å². The average molecular weight is 274 g/mol. The van der Waals surface area contributed by atoms with Crippen molar-refractivity contribution in [1.29, 1.82) is 0 Å². The molecule has 0 aliphatic heterocycles. The van der Waals surface area contributed by atoms with Gasteiger partial charge in [-0.1, -0.05) is 0 Å². The number of amides is 1. The van der Waals surface area contributed by atoms with E-state index < -0.39 is 15.6 Å². The van der Waals surface area contributed by atoms with E-state index in [0.29, 0.717) is 0 Å². The van der Waals surface area contributed by atoms with Gasteiger partial charge in [-0.15, -0.1) is 0 Å². The van der Waals surface area contributed by atoms with Crippen LogP contribution in [0.1, 0.15) is 20.8 Å². The molecule has 7 nitrogen and oxygen atoms in total. The van der Waals surface area contributed by atoms with Crippen LogP contribution in [0.5, 0.6) is 0 Å². The lowest BCUT2D eigenvalue weighted by Gasteiger charge is -2.22. The minimum atomic E-state index is -3.67. The number of rotatable bonds is 4. The number of likely N-dealkylation sites (N-methyl/N-ethyl adjacent to an activating group) is 1. The van der Waals surface area contributed by atoms with E-state index in [0.717, 1.165) is 4.31 Å². The summed E-state index contributed by atoms with van der Waals surface area (Å²) in [4.78, 5) is 11.7. The van der Waals surface area contributed by atoms with E-state index in [-0.39, 0.29) is 17.3 Å². The number of aromatic nitrogens is 2. The third-order valence-electron chi connectivity index (χ3n) is 2.06. The van der Waals surface area contributed by atoms with Crippen molar-refractivity contribution < 1.29 is 13.2 Å². The standard InChI is InChI=1S/C10H18N4O3S/c1-10(2,3)13-9(15)7-14(4)18(16,17)8-5-11-12-6-8/h5-6H,7H2,1-4H3,(H,11,12)(H,13,15). The SMILES string of the molecule is CN(CC(=O)NC(C)(C)C)S(=O)(=O)c1cn[nH]c1. The first-order valence-corrected chi connectivity index (χ1v) is 6.83. The van der Waals surface area contributed by atoms with Crippen molar-refractivity contribution in [2.24, 2.45) is 0 Å². The Morgan fingerprint density at radius 2 is 2.11 bits per heavy atom. The van der Waals surface area contributed by atoms with Crippen LogP contribution in [-0.2, 0) is 14.8 Å². The summed E-state index contributed by atoms with van der Waals surface area (Å²) in [5, 5.41) is 8.70. The largest absolute Gasteiger partial charge is 0.350 e. The maximum atomic E-state index is 12.0. The van der Waals surface area contributed by atoms with Crippen LogP contribution in [0.15, 0.2) is 17.3 Å². The predicted octanol–water partition coefficient (Wildman–Crippen LogP) is -0.0551. The van der Waals surface area contributed by atoms with Gasteiger partial charge in [-0.3, -0.25) is 9.89 Å². The topological polar surface area (TPSA) is 95.2 Å². The molecule has 0 aliphatic carbocycles. The molecule has 1 aromatic heterocycles. The molecule has 0 spiro atoms. The summed E-state index contributed by atoms with van der Waals surface area (Å²) < 4.78 is 24.9. The smallest absolute Gasteiger partial charge is 0.246 e. The zero-order chi connectivity index (χ0) is 14.0. The van der Waals surface area contributed by atoms with Crippen LogP contribution in [0, 0.1) is 0 Å². The van der Waals surface area contributed by atoms with E-state index in [1.165, 1.54) is 19.4 Å². The lowest BCUT2D eigenvalue weighted by Crippen LogP contribution is -2.46. The Labute approximate surface area is 107 Å². The number of aromatic amines is 1. The highest BCUT2D eigenvalue weighted by atomic mass is 32.2. The van der Waals surface area contributed by atoms with Gasteiger partial charge in [-0.05, 0) is 20.8 Å². The predicted molar refractivity (Wildman–Crippen MR) is 66.3 cm³/mol. The minimum absolute atomic E-state index is 0.0357. The maximum Gasteiger partial charge on any atom is 0.246 e. The summed E-state index contributed by atoms with van der Waals surface area (Å²) in [5.41, 5.74) is -0.392. The van der Waals surface area contributed by atoms with Crippen LogP contribution < -0.4 is 5.32 Å². The van der Waals surface area contributed by atoms with Crippen LogP contribution >= 0.6 is 0 Å². The summed E-state index contributed by atoms with van der Waals surface area (Å²) >= 11 is 0. The summed E-state index contributed by atoms with van der Waals surface area (Å²) in [5.74, 6) is -0.350. The van der Waals surface area contributed by atoms with E-state index in [1.807, 2.05) is 20.8 Å². The lowest BCUT2D eigenvalue weighted by atomic mass is 10.1. The monoisotopic (exact) mass is 274 g/mol. The number of hydrogen-bond donors (Lipinski definition) is 2. The highest BCUT2D eigenvalue weighted by Crippen LogP contribution is 2.11. The average Bonchev–Trinajstić information content (AvgIpc) is 2.66. The first-order valence-electron chi connectivity index (χ1n) is 5.39. The highest BCUT2D eigenvalue weighted by Gasteiger charge is 2.25. The molecule has 1 aromatic rings. The van der Waals surface area contributed by atoms with Crippen LogP contribution in [0.25, 0.3) is 0 Å². The van der Waals surface area contributed by atoms with E-state index in [9.17, 15) is 13.2 Å². The molecule has 8 heteroatoms. The van der Waals surface area contributed by atoms with Gasteiger partial charge in [0.1, 0.15) is 4.90 Å². The molecule has 0 bridgehead atoms. The summed E-state index contributed by atoms with van der Waals surface area (Å²) in [6, 6.07) is 0. The highest BCUT2D eigenvalue weighted by molar-refractivity contribution is 7.89. The Morgan fingerprint density at radius 3 is 2.56 bits per heavy atom. The molecule has 0 saturated carbocycles. The molecule has 1 heterocycles. The second kappa shape index (κ2) is 5.07. The molecule has 0 atom stereocenters. The Hall–Kier alpha value is -1.41. The Bertz CT molecular complexity index is 502. The maximum absolute atomic E-state index is 12.0. The molecule has 102 valence electrons. The van der Waals surface area contributed by atoms with Crippen LogP contribution in [0.4, 0.5) is 0 Å². The van der Waals surface area contributed by atoms with Gasteiger partial charge < -0.3 is 5.32 Å². The molecule has 18 heavy (non-hydrogen) atoms. The fourth-order valence-corrected chi connectivity index (χ4v) is 2.34. The van der Waals surface area contributed by atoms with Gasteiger partial charge in [0.05, 0.1) is 12.7 Å². The van der Waals surface area contributed by atoms with Crippen molar-refractivity contribution in [3.8, 4) is 0 Å². The molecule has 1 rings (SSSR count). The molecule has 2 N–H and O–H groups in total. The van der Waals surface area contributed by atoms with Crippen molar-refractivity contribution in [3.05, 3.63) is 12.4 Å². The zero-order valence-corrected chi connectivity index (χ0v) is 11.7. The molecule has 1 amide bonds. The van der Waals surface area contributed by atoms with Crippen LogP contribution in [0.2, 0.25) is 0 Å². The number of nitrogens with zero attached hydrogens (tertiary/aromatic N) is 2.